The lowest BCUT2D eigenvalue weighted by molar-refractivity contribution is -0.352. The van der Waals surface area contributed by atoms with Crippen molar-refractivity contribution in [3.63, 3.8) is 0 Å². The van der Waals surface area contributed by atoms with Crippen molar-refractivity contribution in [2.75, 3.05) is 6.61 Å². The first-order chi connectivity index (χ1) is 13.2. The largest absolute Gasteiger partial charge is 0.456 e. The molecule has 3 fully saturated rings. The van der Waals surface area contributed by atoms with E-state index in [2.05, 4.69) is 0 Å². The van der Waals surface area contributed by atoms with E-state index >= 15 is 0 Å². The number of carbonyl (C=O) groups is 2. The van der Waals surface area contributed by atoms with Crippen molar-refractivity contribution < 1.29 is 58.8 Å². The Labute approximate surface area is 159 Å². The number of ether oxygens (including phenoxy) is 5. The molecule has 160 valence electrons. The van der Waals surface area contributed by atoms with Crippen molar-refractivity contribution in [2.24, 2.45) is 0 Å². The van der Waals surface area contributed by atoms with Crippen molar-refractivity contribution in [3.8, 4) is 0 Å². The van der Waals surface area contributed by atoms with Gasteiger partial charge in [0.2, 0.25) is 0 Å². The second-order valence-electron chi connectivity index (χ2n) is 6.94. The summed E-state index contributed by atoms with van der Waals surface area (Å²) in [6, 6.07) is 0. The Morgan fingerprint density at radius 2 is 1.43 bits per heavy atom. The van der Waals surface area contributed by atoms with Crippen LogP contribution in [-0.2, 0) is 33.3 Å². The van der Waals surface area contributed by atoms with Crippen LogP contribution in [0.4, 0.5) is 0 Å². The lowest BCUT2D eigenvalue weighted by Crippen LogP contribution is -2.64. The van der Waals surface area contributed by atoms with E-state index < -0.39 is 92.8 Å². The van der Waals surface area contributed by atoms with E-state index in [1.807, 2.05) is 0 Å². The van der Waals surface area contributed by atoms with Gasteiger partial charge in [-0.1, -0.05) is 0 Å². The van der Waals surface area contributed by atoms with Crippen LogP contribution in [0.3, 0.4) is 0 Å². The zero-order valence-corrected chi connectivity index (χ0v) is 15.0. The summed E-state index contributed by atoms with van der Waals surface area (Å²) in [5.74, 6) is -1.74. The third-order valence-corrected chi connectivity index (χ3v) is 4.96. The van der Waals surface area contributed by atoms with E-state index in [9.17, 15) is 35.1 Å². The number of aliphatic hydroxyl groups is 5. The fraction of sp³-hybridized carbons (Fsp3) is 0.875. The number of hydrogen-bond acceptors (Lipinski definition) is 12. The molecular formula is C16H24O12. The van der Waals surface area contributed by atoms with Gasteiger partial charge in [0.05, 0.1) is 25.6 Å². The van der Waals surface area contributed by atoms with Gasteiger partial charge < -0.3 is 49.2 Å². The summed E-state index contributed by atoms with van der Waals surface area (Å²) in [5, 5.41) is 50.0. The number of aliphatic hydroxyl groups excluding tert-OH is 5. The lowest BCUT2D eigenvalue weighted by Gasteiger charge is -2.46. The topological polar surface area (TPSA) is 181 Å². The Morgan fingerprint density at radius 1 is 0.821 bits per heavy atom. The summed E-state index contributed by atoms with van der Waals surface area (Å²) in [6.07, 6.45) is -15.0. The first-order valence-corrected chi connectivity index (χ1v) is 8.91. The Bertz CT molecular complexity index is 584. The molecule has 28 heavy (non-hydrogen) atoms. The third kappa shape index (κ3) is 4.14. The van der Waals surface area contributed by atoms with Crippen molar-refractivity contribution in [1.82, 2.24) is 0 Å². The molecule has 3 saturated heterocycles. The number of rotatable bonds is 1. The van der Waals surface area contributed by atoms with E-state index in [1.54, 1.807) is 0 Å². The Morgan fingerprint density at radius 3 is 2.04 bits per heavy atom. The maximum absolute atomic E-state index is 12.0. The quantitative estimate of drug-likeness (QED) is 0.271. The van der Waals surface area contributed by atoms with Crippen LogP contribution in [0.5, 0.6) is 0 Å². The van der Waals surface area contributed by atoms with Gasteiger partial charge in [0, 0.05) is 0 Å². The molecule has 12 nitrogen and oxygen atoms in total. The summed E-state index contributed by atoms with van der Waals surface area (Å²) < 4.78 is 26.6. The van der Waals surface area contributed by atoms with E-state index in [4.69, 9.17) is 23.7 Å². The molecule has 3 aliphatic rings. The molecule has 5 N–H and O–H groups in total. The minimum Gasteiger partial charge on any atom is -0.456 e. The molecule has 3 rings (SSSR count). The molecule has 0 spiro atoms. The maximum atomic E-state index is 12.0. The Kier molecular flexibility index (Phi) is 6.51. The average Bonchev–Trinajstić information content (AvgIpc) is 2.68. The fourth-order valence-corrected chi connectivity index (χ4v) is 3.37. The number of hydrogen-bond donors (Lipinski definition) is 5. The molecule has 3 aliphatic heterocycles. The highest BCUT2D eigenvalue weighted by atomic mass is 16.7. The van der Waals surface area contributed by atoms with Gasteiger partial charge in [-0.25, -0.2) is 0 Å². The maximum Gasteiger partial charge on any atom is 0.306 e. The zero-order chi connectivity index (χ0) is 20.6. The number of carbonyl (C=O) groups excluding carboxylic acids is 2. The number of esters is 2. The van der Waals surface area contributed by atoms with E-state index in [0.29, 0.717) is 0 Å². The molecule has 0 aromatic heterocycles. The normalized spacial score (nSPS) is 47.8. The summed E-state index contributed by atoms with van der Waals surface area (Å²) in [7, 11) is 0. The SMILES string of the molecule is C[C@@H]1O[C@@H]2O[C@H]3[C@H](OC(=O)CCC(=O)O[C@@H]2[C@H](O)[C@H]1O)[C@@H](O)[C@H](O)O[C@@H]3CO. The lowest BCUT2D eigenvalue weighted by atomic mass is 9.97. The standard InChI is InChI=1S/C16H24O12/c1-5-9(20)10(21)14-16(24-5)28-12-6(4-17)25-15(23)11(22)13(12)26-7(18)2-3-8(19)27-14/h5-6,9-17,20-23H,2-4H2,1H3/t5-,6+,9-,10+,11+,12+,13+,14+,15+,16+/m0/s1. The summed E-state index contributed by atoms with van der Waals surface area (Å²) >= 11 is 0. The van der Waals surface area contributed by atoms with Gasteiger partial charge in [0.1, 0.15) is 30.5 Å². The minimum absolute atomic E-state index is 0.392. The van der Waals surface area contributed by atoms with Gasteiger partial charge in [0.25, 0.3) is 0 Å². The van der Waals surface area contributed by atoms with Gasteiger partial charge in [-0.2, -0.15) is 0 Å². The molecular weight excluding hydrogens is 384 g/mol. The van der Waals surface area contributed by atoms with Gasteiger partial charge in [0.15, 0.2) is 24.8 Å². The average molecular weight is 408 g/mol. The van der Waals surface area contributed by atoms with Crippen LogP contribution in [0.15, 0.2) is 0 Å². The molecule has 0 radical (unpaired) electrons. The second kappa shape index (κ2) is 8.55. The highest BCUT2D eigenvalue weighted by molar-refractivity contribution is 5.78. The predicted octanol–water partition coefficient (Wildman–Crippen LogP) is -3.47. The van der Waals surface area contributed by atoms with Crippen molar-refractivity contribution in [2.45, 2.75) is 81.2 Å². The summed E-state index contributed by atoms with van der Waals surface area (Å²) in [4.78, 5) is 24.1. The van der Waals surface area contributed by atoms with Crippen LogP contribution in [0.25, 0.3) is 0 Å². The molecule has 0 amide bonds. The first kappa shape index (κ1) is 21.3. The van der Waals surface area contributed by atoms with E-state index in [-0.39, 0.29) is 0 Å². The van der Waals surface area contributed by atoms with E-state index in [1.165, 1.54) is 6.92 Å². The Balaban J connectivity index is 1.95. The van der Waals surface area contributed by atoms with Crippen LogP contribution in [-0.4, -0.2) is 105 Å². The van der Waals surface area contributed by atoms with Gasteiger partial charge in [-0.05, 0) is 6.92 Å². The highest BCUT2D eigenvalue weighted by Crippen LogP contribution is 2.32. The monoisotopic (exact) mass is 408 g/mol. The molecule has 10 atom stereocenters. The molecule has 0 aromatic rings. The molecule has 0 unspecified atom stereocenters. The highest BCUT2D eigenvalue weighted by Gasteiger charge is 2.53. The zero-order valence-electron chi connectivity index (χ0n) is 15.0. The first-order valence-electron chi connectivity index (χ1n) is 8.91. The molecule has 0 saturated carbocycles. The van der Waals surface area contributed by atoms with Crippen LogP contribution in [0.1, 0.15) is 19.8 Å². The molecule has 12 heteroatoms. The Hall–Kier alpha value is -1.38. The van der Waals surface area contributed by atoms with Crippen LogP contribution in [0, 0.1) is 0 Å². The minimum atomic E-state index is -1.76. The molecule has 3 heterocycles. The second-order valence-corrected chi connectivity index (χ2v) is 6.94. The van der Waals surface area contributed by atoms with Crippen LogP contribution < -0.4 is 0 Å². The van der Waals surface area contributed by atoms with Crippen molar-refractivity contribution in [3.05, 3.63) is 0 Å². The molecule has 0 bridgehead atoms. The summed E-state index contributed by atoms with van der Waals surface area (Å²) in [6.45, 7) is 0.789. The van der Waals surface area contributed by atoms with Gasteiger partial charge in [-0.15, -0.1) is 0 Å². The van der Waals surface area contributed by atoms with Crippen LogP contribution in [0.2, 0.25) is 0 Å². The van der Waals surface area contributed by atoms with Gasteiger partial charge in [-0.3, -0.25) is 9.59 Å². The fourth-order valence-electron chi connectivity index (χ4n) is 3.37. The molecule has 0 aliphatic carbocycles. The predicted molar refractivity (Wildman–Crippen MR) is 84.2 cm³/mol. The molecule has 0 aromatic carbocycles. The van der Waals surface area contributed by atoms with Crippen LogP contribution >= 0.6 is 0 Å². The summed E-state index contributed by atoms with van der Waals surface area (Å²) in [5.41, 5.74) is 0. The smallest absolute Gasteiger partial charge is 0.306 e. The van der Waals surface area contributed by atoms with Crippen molar-refractivity contribution in [1.29, 1.82) is 0 Å². The van der Waals surface area contributed by atoms with Gasteiger partial charge >= 0.3 is 11.9 Å². The van der Waals surface area contributed by atoms with E-state index in [0.717, 1.165) is 0 Å². The third-order valence-electron chi connectivity index (χ3n) is 4.96. The van der Waals surface area contributed by atoms with Crippen molar-refractivity contribution >= 4 is 11.9 Å². The number of fused-ring (bicyclic) bond motifs is 2.